The van der Waals surface area contributed by atoms with Gasteiger partial charge in [0.2, 0.25) is 0 Å². The van der Waals surface area contributed by atoms with E-state index in [4.69, 9.17) is 24.0 Å². The van der Waals surface area contributed by atoms with Crippen molar-refractivity contribution in [2.24, 2.45) is 0 Å². The normalized spacial score (nSPS) is 10.6. The van der Waals surface area contributed by atoms with Crippen molar-refractivity contribution in [3.05, 3.63) is 66.9 Å². The van der Waals surface area contributed by atoms with Gasteiger partial charge in [-0.15, -0.1) is 0 Å². The highest BCUT2D eigenvalue weighted by Crippen LogP contribution is 2.36. The number of aromatic nitrogens is 3. The summed E-state index contributed by atoms with van der Waals surface area (Å²) < 4.78 is 23.5. The Morgan fingerprint density at radius 1 is 0.645 bits per heavy atom. The molecule has 0 spiro atoms. The van der Waals surface area contributed by atoms with Crippen molar-refractivity contribution >= 4 is 0 Å². The van der Waals surface area contributed by atoms with E-state index in [1.165, 1.54) is 0 Å². The molecule has 31 heavy (non-hydrogen) atoms. The molecule has 2 aromatic carbocycles. The third kappa shape index (κ3) is 3.90. The second kappa shape index (κ2) is 8.79. The van der Waals surface area contributed by atoms with E-state index in [-0.39, 0.29) is 0 Å². The molecular weight excluding hydrogens is 394 g/mol. The summed E-state index contributed by atoms with van der Waals surface area (Å²) in [6.07, 6.45) is 1.74. The van der Waals surface area contributed by atoms with Crippen LogP contribution in [0.1, 0.15) is 0 Å². The molecule has 7 heteroatoms. The first-order valence-electron chi connectivity index (χ1n) is 9.64. The Kier molecular flexibility index (Phi) is 5.75. The van der Waals surface area contributed by atoms with Crippen LogP contribution >= 0.6 is 0 Å². The first-order valence-corrected chi connectivity index (χ1v) is 9.64. The summed E-state index contributed by atoms with van der Waals surface area (Å²) in [6, 6.07) is 19.2. The zero-order valence-corrected chi connectivity index (χ0v) is 17.8. The second-order valence-corrected chi connectivity index (χ2v) is 6.65. The molecular formula is C24H23N3O4. The minimum absolute atomic E-state index is 0.639. The third-order valence-corrected chi connectivity index (χ3v) is 4.93. The molecule has 0 aliphatic carbocycles. The van der Waals surface area contributed by atoms with Gasteiger partial charge in [-0.1, -0.05) is 6.07 Å². The lowest BCUT2D eigenvalue weighted by atomic mass is 10.1. The molecule has 0 saturated carbocycles. The molecule has 0 fully saturated rings. The quantitative estimate of drug-likeness (QED) is 0.437. The van der Waals surface area contributed by atoms with Gasteiger partial charge in [0.05, 0.1) is 39.8 Å². The van der Waals surface area contributed by atoms with Crippen LogP contribution in [0.2, 0.25) is 0 Å². The van der Waals surface area contributed by atoms with Crippen LogP contribution in [0.4, 0.5) is 0 Å². The maximum atomic E-state index is 5.49. The molecule has 0 aliphatic heterocycles. The predicted octanol–water partition coefficient (Wildman–Crippen LogP) is 4.64. The van der Waals surface area contributed by atoms with E-state index in [0.717, 1.165) is 22.5 Å². The molecule has 0 atom stereocenters. The molecule has 2 heterocycles. The van der Waals surface area contributed by atoms with Crippen LogP contribution in [0.15, 0.2) is 66.9 Å². The van der Waals surface area contributed by atoms with E-state index in [1.54, 1.807) is 34.6 Å². The van der Waals surface area contributed by atoms with Gasteiger partial charge in [-0.2, -0.15) is 5.10 Å². The van der Waals surface area contributed by atoms with Crippen LogP contribution in [0.3, 0.4) is 0 Å². The van der Waals surface area contributed by atoms with Crippen molar-refractivity contribution in [1.82, 2.24) is 14.8 Å². The molecule has 4 rings (SSSR count). The summed E-state index contributed by atoms with van der Waals surface area (Å²) in [5.41, 5.74) is 3.46. The van der Waals surface area contributed by atoms with Crippen LogP contribution in [0.25, 0.3) is 28.3 Å². The first kappa shape index (κ1) is 20.3. The Morgan fingerprint density at radius 3 is 1.84 bits per heavy atom. The van der Waals surface area contributed by atoms with Crippen molar-refractivity contribution in [3.63, 3.8) is 0 Å². The van der Waals surface area contributed by atoms with Gasteiger partial charge < -0.3 is 18.9 Å². The average Bonchev–Trinajstić information content (AvgIpc) is 3.29. The average molecular weight is 417 g/mol. The van der Waals surface area contributed by atoms with Crippen LogP contribution in [0.5, 0.6) is 23.0 Å². The van der Waals surface area contributed by atoms with Crippen molar-refractivity contribution < 1.29 is 18.9 Å². The predicted molar refractivity (Wildman–Crippen MR) is 118 cm³/mol. The molecule has 4 aromatic rings. The number of hydrogen-bond donors (Lipinski definition) is 0. The molecule has 158 valence electrons. The number of rotatable bonds is 7. The van der Waals surface area contributed by atoms with Gasteiger partial charge in [0.15, 0.2) is 28.8 Å². The summed E-state index contributed by atoms with van der Waals surface area (Å²) in [5, 5.41) is 4.84. The molecule has 0 saturated heterocycles. The largest absolute Gasteiger partial charge is 0.493 e. The summed E-state index contributed by atoms with van der Waals surface area (Å²) in [4.78, 5) is 4.48. The topological polar surface area (TPSA) is 67.6 Å². The van der Waals surface area contributed by atoms with Crippen molar-refractivity contribution in [2.75, 3.05) is 28.4 Å². The minimum Gasteiger partial charge on any atom is -0.493 e. The molecule has 0 bridgehead atoms. The number of ether oxygens (including phenoxy) is 4. The molecule has 0 aliphatic rings. The van der Waals surface area contributed by atoms with Crippen molar-refractivity contribution in [3.8, 4) is 51.3 Å². The third-order valence-electron chi connectivity index (χ3n) is 4.93. The number of hydrogen-bond acceptors (Lipinski definition) is 6. The molecule has 0 amide bonds. The Labute approximate surface area is 180 Å². The van der Waals surface area contributed by atoms with Crippen molar-refractivity contribution in [2.45, 2.75) is 0 Å². The minimum atomic E-state index is 0.639. The fraction of sp³-hybridized carbons (Fsp3) is 0.167. The smallest absolute Gasteiger partial charge is 0.161 e. The van der Waals surface area contributed by atoms with Crippen LogP contribution in [0, 0.1) is 0 Å². The highest BCUT2D eigenvalue weighted by Gasteiger charge is 2.17. The van der Waals surface area contributed by atoms with Gasteiger partial charge in [-0.3, -0.25) is 0 Å². The molecule has 2 aromatic heterocycles. The van der Waals surface area contributed by atoms with Crippen LogP contribution in [-0.2, 0) is 0 Å². The lowest BCUT2D eigenvalue weighted by molar-refractivity contribution is 0.355. The Bertz CT molecular complexity index is 1190. The molecule has 0 radical (unpaired) electrons. The second-order valence-electron chi connectivity index (χ2n) is 6.65. The fourth-order valence-electron chi connectivity index (χ4n) is 3.37. The van der Waals surface area contributed by atoms with E-state index in [9.17, 15) is 0 Å². The standard InChI is InChI=1S/C24H23N3O4/c1-28-20-10-8-16(13-22(20)30-3)18-15-19(27(26-18)24-7-5-6-12-25-24)17-9-11-21(29-2)23(14-17)31-4/h5-15H,1-4H3. The Hall–Kier alpha value is -4.00. The van der Waals surface area contributed by atoms with Crippen molar-refractivity contribution in [1.29, 1.82) is 0 Å². The Balaban J connectivity index is 1.88. The monoisotopic (exact) mass is 417 g/mol. The summed E-state index contributed by atoms with van der Waals surface area (Å²) >= 11 is 0. The molecule has 0 N–H and O–H groups in total. The lowest BCUT2D eigenvalue weighted by Crippen LogP contribution is -2.01. The van der Waals surface area contributed by atoms with E-state index >= 15 is 0 Å². The van der Waals surface area contributed by atoms with E-state index in [2.05, 4.69) is 4.98 Å². The van der Waals surface area contributed by atoms with Gasteiger partial charge in [-0.05, 0) is 54.6 Å². The maximum Gasteiger partial charge on any atom is 0.161 e. The van der Waals surface area contributed by atoms with Gasteiger partial charge >= 0.3 is 0 Å². The summed E-state index contributed by atoms with van der Waals surface area (Å²) in [7, 11) is 6.46. The summed E-state index contributed by atoms with van der Waals surface area (Å²) in [6.45, 7) is 0. The first-order chi connectivity index (χ1) is 15.2. The van der Waals surface area contributed by atoms with E-state index < -0.39 is 0 Å². The zero-order valence-electron chi connectivity index (χ0n) is 17.8. The van der Waals surface area contributed by atoms with Gasteiger partial charge in [0, 0.05) is 17.3 Å². The van der Waals surface area contributed by atoms with E-state index in [0.29, 0.717) is 28.8 Å². The Morgan fingerprint density at radius 2 is 1.26 bits per heavy atom. The zero-order chi connectivity index (χ0) is 21.8. The number of nitrogens with zero attached hydrogens (tertiary/aromatic N) is 3. The molecule has 7 nitrogen and oxygen atoms in total. The highest BCUT2D eigenvalue weighted by atomic mass is 16.5. The lowest BCUT2D eigenvalue weighted by Gasteiger charge is -2.11. The summed E-state index contributed by atoms with van der Waals surface area (Å²) in [5.74, 6) is 3.31. The highest BCUT2D eigenvalue weighted by molar-refractivity contribution is 5.73. The molecule has 0 unspecified atom stereocenters. The number of pyridine rings is 1. The van der Waals surface area contributed by atoms with E-state index in [1.807, 2.05) is 65.3 Å². The van der Waals surface area contributed by atoms with Gasteiger partial charge in [0.1, 0.15) is 0 Å². The number of benzene rings is 2. The SMILES string of the molecule is COc1ccc(-c2cc(-c3ccc(OC)c(OC)c3)n(-c3ccccn3)n2)cc1OC. The van der Waals surface area contributed by atoms with Crippen LogP contribution < -0.4 is 18.9 Å². The maximum absolute atomic E-state index is 5.49. The van der Waals surface area contributed by atoms with Gasteiger partial charge in [0.25, 0.3) is 0 Å². The number of methoxy groups -OCH3 is 4. The van der Waals surface area contributed by atoms with Crippen LogP contribution in [-0.4, -0.2) is 43.2 Å². The fourth-order valence-corrected chi connectivity index (χ4v) is 3.37. The van der Waals surface area contributed by atoms with Gasteiger partial charge in [-0.25, -0.2) is 9.67 Å².